The third-order valence-electron chi connectivity index (χ3n) is 4.67. The summed E-state index contributed by atoms with van der Waals surface area (Å²) >= 11 is 11.8. The van der Waals surface area contributed by atoms with Crippen molar-refractivity contribution in [2.75, 3.05) is 5.32 Å². The van der Waals surface area contributed by atoms with Gasteiger partial charge in [-0.05, 0) is 48.0 Å². The van der Waals surface area contributed by atoms with Crippen LogP contribution < -0.4 is 5.32 Å². The van der Waals surface area contributed by atoms with E-state index in [9.17, 15) is 9.59 Å². The summed E-state index contributed by atoms with van der Waals surface area (Å²) in [5.74, 6) is -0.634. The minimum Gasteiger partial charge on any atom is -0.319 e. The fourth-order valence-corrected chi connectivity index (χ4v) is 3.38. The molecule has 5 nitrogen and oxygen atoms in total. The Morgan fingerprint density at radius 1 is 0.839 bits per heavy atom. The first-order valence-corrected chi connectivity index (χ1v) is 10.2. The molecule has 7 heteroatoms. The van der Waals surface area contributed by atoms with Crippen LogP contribution in [0.25, 0.3) is 0 Å². The Morgan fingerprint density at radius 2 is 1.45 bits per heavy atom. The summed E-state index contributed by atoms with van der Waals surface area (Å²) in [6.07, 6.45) is 3.30. The maximum absolute atomic E-state index is 12.9. The topological polar surface area (TPSA) is 64.0 Å². The SMILES string of the molecule is O=C(Nc1cnn(Cc2ccc(Cl)cc2)c1)c1ccccc1C(=O)c1ccc(Cl)cc1. The van der Waals surface area contributed by atoms with Gasteiger partial charge in [-0.15, -0.1) is 0 Å². The Bertz CT molecular complexity index is 1230. The van der Waals surface area contributed by atoms with Crippen LogP contribution in [0.15, 0.2) is 85.2 Å². The van der Waals surface area contributed by atoms with Crippen molar-refractivity contribution in [1.82, 2.24) is 9.78 Å². The predicted octanol–water partition coefficient (Wildman–Crippen LogP) is 5.72. The molecule has 31 heavy (non-hydrogen) atoms. The molecule has 0 bridgehead atoms. The third kappa shape index (κ3) is 5.02. The van der Waals surface area contributed by atoms with E-state index in [1.807, 2.05) is 24.3 Å². The Kier molecular flexibility index (Phi) is 6.16. The zero-order valence-corrected chi connectivity index (χ0v) is 17.8. The molecule has 1 amide bonds. The summed E-state index contributed by atoms with van der Waals surface area (Å²) in [6.45, 7) is 0.540. The summed E-state index contributed by atoms with van der Waals surface area (Å²) < 4.78 is 1.71. The fraction of sp³-hybridized carbons (Fsp3) is 0.0417. The molecule has 0 aliphatic heterocycles. The van der Waals surface area contributed by atoms with E-state index in [0.717, 1.165) is 5.56 Å². The summed E-state index contributed by atoms with van der Waals surface area (Å²) in [4.78, 5) is 25.8. The van der Waals surface area contributed by atoms with E-state index < -0.39 is 0 Å². The molecule has 0 saturated heterocycles. The van der Waals surface area contributed by atoms with Gasteiger partial charge in [0.05, 0.1) is 24.0 Å². The Labute approximate surface area is 189 Å². The van der Waals surface area contributed by atoms with Crippen molar-refractivity contribution in [3.63, 3.8) is 0 Å². The Morgan fingerprint density at radius 3 is 2.13 bits per heavy atom. The van der Waals surface area contributed by atoms with Crippen molar-refractivity contribution in [3.8, 4) is 0 Å². The van der Waals surface area contributed by atoms with Gasteiger partial charge in [0.2, 0.25) is 0 Å². The van der Waals surface area contributed by atoms with Crippen molar-refractivity contribution < 1.29 is 9.59 Å². The third-order valence-corrected chi connectivity index (χ3v) is 5.18. The van der Waals surface area contributed by atoms with Gasteiger partial charge in [-0.3, -0.25) is 14.3 Å². The van der Waals surface area contributed by atoms with Gasteiger partial charge in [0.25, 0.3) is 5.91 Å². The maximum atomic E-state index is 12.9. The number of halogens is 2. The second-order valence-electron chi connectivity index (χ2n) is 6.89. The number of aromatic nitrogens is 2. The molecule has 0 radical (unpaired) electrons. The van der Waals surface area contributed by atoms with Crippen LogP contribution in [0.4, 0.5) is 5.69 Å². The predicted molar refractivity (Wildman–Crippen MR) is 122 cm³/mol. The van der Waals surface area contributed by atoms with Crippen molar-refractivity contribution in [2.24, 2.45) is 0 Å². The van der Waals surface area contributed by atoms with Crippen molar-refractivity contribution in [1.29, 1.82) is 0 Å². The number of nitrogens with one attached hydrogen (secondary N) is 1. The Hall–Kier alpha value is -3.41. The molecule has 4 rings (SSSR count). The number of hydrogen-bond donors (Lipinski definition) is 1. The van der Waals surface area contributed by atoms with E-state index in [1.165, 1.54) is 0 Å². The lowest BCUT2D eigenvalue weighted by Gasteiger charge is -2.09. The zero-order chi connectivity index (χ0) is 21.8. The number of carbonyl (C=O) groups is 2. The van der Waals surface area contributed by atoms with Crippen LogP contribution in [0.2, 0.25) is 10.0 Å². The summed E-state index contributed by atoms with van der Waals surface area (Å²) in [6, 6.07) is 20.7. The number of nitrogens with zero attached hydrogens (tertiary/aromatic N) is 2. The lowest BCUT2D eigenvalue weighted by molar-refractivity contribution is 0.0996. The van der Waals surface area contributed by atoms with E-state index in [2.05, 4.69) is 10.4 Å². The monoisotopic (exact) mass is 449 g/mol. The maximum Gasteiger partial charge on any atom is 0.256 e. The van der Waals surface area contributed by atoms with Gasteiger partial charge in [0.1, 0.15) is 0 Å². The molecule has 1 N–H and O–H groups in total. The smallest absolute Gasteiger partial charge is 0.256 e. The van der Waals surface area contributed by atoms with E-state index in [-0.39, 0.29) is 17.3 Å². The van der Waals surface area contributed by atoms with Crippen molar-refractivity contribution in [3.05, 3.63) is 117 Å². The minimum absolute atomic E-state index is 0.249. The van der Waals surface area contributed by atoms with Gasteiger partial charge in [-0.1, -0.05) is 53.5 Å². The zero-order valence-electron chi connectivity index (χ0n) is 16.3. The van der Waals surface area contributed by atoms with Crippen LogP contribution >= 0.6 is 23.2 Å². The highest BCUT2D eigenvalue weighted by Gasteiger charge is 2.18. The number of hydrogen-bond acceptors (Lipinski definition) is 3. The molecule has 3 aromatic carbocycles. The fourth-order valence-electron chi connectivity index (χ4n) is 3.13. The molecule has 0 unspecified atom stereocenters. The molecule has 1 heterocycles. The molecule has 1 aromatic heterocycles. The molecule has 0 aliphatic carbocycles. The number of rotatable bonds is 6. The van der Waals surface area contributed by atoms with Crippen LogP contribution in [-0.2, 0) is 6.54 Å². The lowest BCUT2D eigenvalue weighted by Crippen LogP contribution is -2.16. The molecule has 0 spiro atoms. The highest BCUT2D eigenvalue weighted by Crippen LogP contribution is 2.19. The molecule has 0 saturated carbocycles. The molecular formula is C24H17Cl2N3O2. The van der Waals surface area contributed by atoms with E-state index >= 15 is 0 Å². The number of anilines is 1. The van der Waals surface area contributed by atoms with Crippen molar-refractivity contribution in [2.45, 2.75) is 6.54 Å². The van der Waals surface area contributed by atoms with Crippen molar-refractivity contribution >= 4 is 40.6 Å². The molecule has 0 fully saturated rings. The number of benzene rings is 3. The molecule has 4 aromatic rings. The van der Waals surface area contributed by atoms with Gasteiger partial charge >= 0.3 is 0 Å². The standard InChI is InChI=1S/C24H17Cl2N3O2/c25-18-9-5-16(6-10-18)14-29-15-20(13-27-29)28-24(31)22-4-2-1-3-21(22)23(30)17-7-11-19(26)12-8-17/h1-13,15H,14H2,(H,28,31). The highest BCUT2D eigenvalue weighted by atomic mass is 35.5. The van der Waals surface area contributed by atoms with Crippen LogP contribution in [0.5, 0.6) is 0 Å². The average molecular weight is 450 g/mol. The highest BCUT2D eigenvalue weighted by molar-refractivity contribution is 6.31. The van der Waals surface area contributed by atoms with Crippen LogP contribution in [-0.4, -0.2) is 21.5 Å². The summed E-state index contributed by atoms with van der Waals surface area (Å²) in [5, 5.41) is 8.31. The second-order valence-corrected chi connectivity index (χ2v) is 7.76. The number of ketones is 1. The largest absolute Gasteiger partial charge is 0.319 e. The normalized spacial score (nSPS) is 10.6. The molecule has 0 atom stereocenters. The van der Waals surface area contributed by atoms with E-state index in [1.54, 1.807) is 65.6 Å². The number of amides is 1. The first-order valence-electron chi connectivity index (χ1n) is 9.47. The van der Waals surface area contributed by atoms with Crippen LogP contribution in [0, 0.1) is 0 Å². The second kappa shape index (κ2) is 9.16. The molecule has 154 valence electrons. The first kappa shape index (κ1) is 20.8. The first-order chi connectivity index (χ1) is 15.0. The van der Waals surface area contributed by atoms with E-state index in [4.69, 9.17) is 23.2 Å². The summed E-state index contributed by atoms with van der Waals surface area (Å²) in [5.41, 5.74) is 2.63. The van der Waals surface area contributed by atoms with Gasteiger partial charge in [-0.25, -0.2) is 0 Å². The number of carbonyl (C=O) groups excluding carboxylic acids is 2. The molecule has 0 aliphatic rings. The van der Waals surface area contributed by atoms with E-state index in [0.29, 0.717) is 33.4 Å². The van der Waals surface area contributed by atoms with Gasteiger partial charge < -0.3 is 5.32 Å². The molecular weight excluding hydrogens is 433 g/mol. The van der Waals surface area contributed by atoms with Gasteiger partial charge in [0, 0.05) is 27.4 Å². The average Bonchev–Trinajstić information content (AvgIpc) is 3.22. The quantitative estimate of drug-likeness (QED) is 0.382. The van der Waals surface area contributed by atoms with Gasteiger partial charge in [0.15, 0.2) is 5.78 Å². The minimum atomic E-state index is -0.385. The van der Waals surface area contributed by atoms with Crippen LogP contribution in [0.1, 0.15) is 31.8 Å². The lowest BCUT2D eigenvalue weighted by atomic mass is 9.98. The summed E-state index contributed by atoms with van der Waals surface area (Å²) in [7, 11) is 0. The van der Waals surface area contributed by atoms with Gasteiger partial charge in [-0.2, -0.15) is 5.10 Å². The van der Waals surface area contributed by atoms with Crippen LogP contribution in [0.3, 0.4) is 0 Å². The Balaban J connectivity index is 1.50.